The monoisotopic (exact) mass is 269 g/mol. The minimum atomic E-state index is -0.437. The van der Waals surface area contributed by atoms with Crippen LogP contribution in [0, 0.1) is 11.6 Å². The van der Waals surface area contributed by atoms with Gasteiger partial charge in [0.05, 0.1) is 6.54 Å². The molecule has 0 saturated carbocycles. The Morgan fingerprint density at radius 1 is 1.21 bits per heavy atom. The number of rotatable bonds is 3. The number of carbonyl (C=O) groups excluding carboxylic acids is 1. The molecule has 0 spiro atoms. The number of hydrogen-bond donors (Lipinski definition) is 1. The Hall–Kier alpha value is -1.53. The molecule has 19 heavy (non-hydrogen) atoms. The second kappa shape index (κ2) is 6.08. The normalized spacial score (nSPS) is 16.7. The van der Waals surface area contributed by atoms with Crippen molar-refractivity contribution in [1.29, 1.82) is 0 Å². The molecule has 1 amide bonds. The van der Waals surface area contributed by atoms with Crippen LogP contribution >= 0.6 is 0 Å². The maximum Gasteiger partial charge on any atom is 0.236 e. The molecule has 0 radical (unpaired) electrons. The lowest BCUT2D eigenvalue weighted by Crippen LogP contribution is -2.49. The summed E-state index contributed by atoms with van der Waals surface area (Å²) in [6.45, 7) is 2.80. The minimum Gasteiger partial charge on any atom is -0.339 e. The lowest BCUT2D eigenvalue weighted by atomic mass is 10.1. The smallest absolute Gasteiger partial charge is 0.236 e. The Morgan fingerprint density at radius 3 is 2.53 bits per heavy atom. The molecule has 2 rings (SSSR count). The van der Waals surface area contributed by atoms with E-state index in [-0.39, 0.29) is 12.5 Å². The Balaban J connectivity index is 1.92. The molecule has 1 heterocycles. The van der Waals surface area contributed by atoms with Crippen LogP contribution in [0.1, 0.15) is 5.56 Å². The Kier molecular flexibility index (Phi) is 4.44. The molecule has 104 valence electrons. The van der Waals surface area contributed by atoms with Crippen molar-refractivity contribution in [2.75, 3.05) is 32.7 Å². The van der Waals surface area contributed by atoms with Crippen molar-refractivity contribution < 1.29 is 13.6 Å². The summed E-state index contributed by atoms with van der Waals surface area (Å²) in [5.41, 5.74) is 5.65. The third kappa shape index (κ3) is 3.48. The molecule has 0 aromatic heterocycles. The van der Waals surface area contributed by atoms with Gasteiger partial charge in [0.15, 0.2) is 0 Å². The molecule has 1 aliphatic heterocycles. The molecule has 0 unspecified atom stereocenters. The standard InChI is InChI=1S/C13H17F2N3O/c14-11-1-2-12(15)10(7-11)9-17-3-5-18(6-4-17)13(19)8-16/h1-2,7H,3-6,8-9,16H2. The molecular formula is C13H17F2N3O. The van der Waals surface area contributed by atoms with E-state index in [4.69, 9.17) is 5.73 Å². The van der Waals surface area contributed by atoms with Gasteiger partial charge in [0.1, 0.15) is 11.6 Å². The van der Waals surface area contributed by atoms with E-state index < -0.39 is 11.6 Å². The van der Waals surface area contributed by atoms with Crippen LogP contribution in [0.4, 0.5) is 8.78 Å². The fraction of sp³-hybridized carbons (Fsp3) is 0.462. The summed E-state index contributed by atoms with van der Waals surface area (Å²) in [5, 5.41) is 0. The van der Waals surface area contributed by atoms with Crippen molar-refractivity contribution in [2.45, 2.75) is 6.54 Å². The molecule has 0 bridgehead atoms. The van der Waals surface area contributed by atoms with Gasteiger partial charge >= 0.3 is 0 Å². The molecule has 0 aliphatic carbocycles. The highest BCUT2D eigenvalue weighted by atomic mass is 19.1. The Labute approximate surface area is 110 Å². The van der Waals surface area contributed by atoms with Gasteiger partial charge in [0.25, 0.3) is 0 Å². The van der Waals surface area contributed by atoms with E-state index >= 15 is 0 Å². The molecule has 2 N–H and O–H groups in total. The van der Waals surface area contributed by atoms with Crippen molar-refractivity contribution in [2.24, 2.45) is 5.73 Å². The average Bonchev–Trinajstić information content (AvgIpc) is 2.43. The van der Waals surface area contributed by atoms with Crippen molar-refractivity contribution in [3.63, 3.8) is 0 Å². The molecule has 1 aromatic rings. The van der Waals surface area contributed by atoms with Crippen LogP contribution in [-0.2, 0) is 11.3 Å². The minimum absolute atomic E-state index is 0.0124. The van der Waals surface area contributed by atoms with E-state index in [2.05, 4.69) is 0 Å². The van der Waals surface area contributed by atoms with E-state index in [0.717, 1.165) is 12.1 Å². The van der Waals surface area contributed by atoms with Gasteiger partial charge < -0.3 is 10.6 Å². The lowest BCUT2D eigenvalue weighted by molar-refractivity contribution is -0.131. The number of piperazine rings is 1. The molecule has 6 heteroatoms. The van der Waals surface area contributed by atoms with Crippen LogP contribution in [0.2, 0.25) is 0 Å². The van der Waals surface area contributed by atoms with Gasteiger partial charge in [-0.3, -0.25) is 9.69 Å². The van der Waals surface area contributed by atoms with E-state index in [0.29, 0.717) is 38.3 Å². The van der Waals surface area contributed by atoms with Crippen molar-refractivity contribution in [3.8, 4) is 0 Å². The Morgan fingerprint density at radius 2 is 1.89 bits per heavy atom. The molecule has 1 saturated heterocycles. The van der Waals surface area contributed by atoms with Gasteiger partial charge in [-0.15, -0.1) is 0 Å². The van der Waals surface area contributed by atoms with E-state index in [1.807, 2.05) is 4.90 Å². The summed E-state index contributed by atoms with van der Waals surface area (Å²) in [6, 6.07) is 3.46. The maximum absolute atomic E-state index is 13.5. The zero-order chi connectivity index (χ0) is 13.8. The molecule has 1 aliphatic rings. The van der Waals surface area contributed by atoms with Crippen LogP contribution in [0.5, 0.6) is 0 Å². The predicted octanol–water partition coefficient (Wildman–Crippen LogP) is 0.568. The summed E-state index contributed by atoms with van der Waals surface area (Å²) < 4.78 is 26.6. The van der Waals surface area contributed by atoms with Crippen LogP contribution in [0.15, 0.2) is 18.2 Å². The van der Waals surface area contributed by atoms with Gasteiger partial charge in [0, 0.05) is 38.3 Å². The number of benzene rings is 1. The molecule has 4 nitrogen and oxygen atoms in total. The van der Waals surface area contributed by atoms with Crippen molar-refractivity contribution in [3.05, 3.63) is 35.4 Å². The second-order valence-electron chi connectivity index (χ2n) is 4.60. The highest BCUT2D eigenvalue weighted by Crippen LogP contribution is 2.14. The zero-order valence-electron chi connectivity index (χ0n) is 10.6. The van der Waals surface area contributed by atoms with Crippen LogP contribution in [0.25, 0.3) is 0 Å². The number of halogens is 2. The molecule has 1 fully saturated rings. The fourth-order valence-corrected chi connectivity index (χ4v) is 2.19. The van der Waals surface area contributed by atoms with Crippen LogP contribution in [0.3, 0.4) is 0 Å². The van der Waals surface area contributed by atoms with Crippen molar-refractivity contribution >= 4 is 5.91 Å². The third-order valence-corrected chi connectivity index (χ3v) is 3.30. The zero-order valence-corrected chi connectivity index (χ0v) is 10.6. The first-order chi connectivity index (χ1) is 9.10. The molecule has 0 atom stereocenters. The molecule has 1 aromatic carbocycles. The fourth-order valence-electron chi connectivity index (χ4n) is 2.19. The first-order valence-electron chi connectivity index (χ1n) is 6.24. The third-order valence-electron chi connectivity index (χ3n) is 3.30. The van der Waals surface area contributed by atoms with Gasteiger partial charge in [-0.05, 0) is 18.2 Å². The second-order valence-corrected chi connectivity index (χ2v) is 4.60. The maximum atomic E-state index is 13.5. The van der Waals surface area contributed by atoms with Gasteiger partial charge in [-0.1, -0.05) is 0 Å². The van der Waals surface area contributed by atoms with Crippen molar-refractivity contribution in [1.82, 2.24) is 9.80 Å². The van der Waals surface area contributed by atoms with E-state index in [1.54, 1.807) is 4.90 Å². The molecular weight excluding hydrogens is 252 g/mol. The number of amides is 1. The first kappa shape index (κ1) is 13.9. The number of nitrogens with two attached hydrogens (primary N) is 1. The summed E-state index contributed by atoms with van der Waals surface area (Å²) in [5.74, 6) is -0.910. The highest BCUT2D eigenvalue weighted by molar-refractivity contribution is 5.78. The van der Waals surface area contributed by atoms with E-state index in [1.165, 1.54) is 6.07 Å². The quantitative estimate of drug-likeness (QED) is 0.872. The van der Waals surface area contributed by atoms with Gasteiger partial charge in [-0.2, -0.15) is 0 Å². The topological polar surface area (TPSA) is 49.6 Å². The summed E-state index contributed by atoms with van der Waals surface area (Å²) in [4.78, 5) is 15.1. The van der Waals surface area contributed by atoms with Gasteiger partial charge in [0.2, 0.25) is 5.91 Å². The van der Waals surface area contributed by atoms with Gasteiger partial charge in [-0.25, -0.2) is 8.78 Å². The average molecular weight is 269 g/mol. The predicted molar refractivity (Wildman–Crippen MR) is 67.3 cm³/mol. The van der Waals surface area contributed by atoms with Crippen LogP contribution in [-0.4, -0.2) is 48.4 Å². The first-order valence-corrected chi connectivity index (χ1v) is 6.24. The number of nitrogens with zero attached hydrogens (tertiary/aromatic N) is 2. The largest absolute Gasteiger partial charge is 0.339 e. The van der Waals surface area contributed by atoms with E-state index in [9.17, 15) is 13.6 Å². The SMILES string of the molecule is NCC(=O)N1CCN(Cc2cc(F)ccc2F)CC1. The number of carbonyl (C=O) groups is 1. The summed E-state index contributed by atoms with van der Waals surface area (Å²) >= 11 is 0. The highest BCUT2D eigenvalue weighted by Gasteiger charge is 2.20. The Bertz CT molecular complexity index is 459. The summed E-state index contributed by atoms with van der Waals surface area (Å²) in [6.07, 6.45) is 0. The summed E-state index contributed by atoms with van der Waals surface area (Å²) in [7, 11) is 0. The number of hydrogen-bond acceptors (Lipinski definition) is 3. The van der Waals surface area contributed by atoms with Crippen LogP contribution < -0.4 is 5.73 Å². The lowest BCUT2D eigenvalue weighted by Gasteiger charge is -2.34.